The predicted molar refractivity (Wildman–Crippen MR) is 97.9 cm³/mol. The Labute approximate surface area is 147 Å². The summed E-state index contributed by atoms with van der Waals surface area (Å²) in [5.74, 6) is 1.98. The van der Waals surface area contributed by atoms with E-state index in [1.54, 1.807) is 11.9 Å². The molecule has 0 aromatic heterocycles. The van der Waals surface area contributed by atoms with E-state index < -0.39 is 5.60 Å². The molecule has 0 bridgehead atoms. The summed E-state index contributed by atoms with van der Waals surface area (Å²) in [4.78, 5) is 13.5. The van der Waals surface area contributed by atoms with Gasteiger partial charge in [-0.15, -0.1) is 0 Å². The van der Waals surface area contributed by atoms with Crippen LogP contribution in [0, 0.1) is 0 Å². The van der Waals surface area contributed by atoms with Crippen LogP contribution in [0.5, 0.6) is 0 Å². The smallest absolute Gasteiger partial charge is 0.444 e. The fourth-order valence-corrected chi connectivity index (χ4v) is 2.22. The van der Waals surface area contributed by atoms with Gasteiger partial charge in [-0.05, 0) is 67.7 Å². The standard InChI is InChI=1S/C18H34BNO4/c1-16(2,3)22-15(21)20(8)14-12-10-9-11-13-19-23-17(4,5)18(6,7)24-19/h11,13H,9-10,12,14H2,1-8H3/b13-11+. The molecule has 1 amide bonds. The Hall–Kier alpha value is -1.01. The van der Waals surface area contributed by atoms with Crippen molar-refractivity contribution in [3.63, 3.8) is 0 Å². The van der Waals surface area contributed by atoms with E-state index in [-0.39, 0.29) is 24.4 Å². The zero-order valence-corrected chi connectivity index (χ0v) is 16.6. The van der Waals surface area contributed by atoms with Gasteiger partial charge in [0, 0.05) is 13.6 Å². The van der Waals surface area contributed by atoms with E-state index in [9.17, 15) is 4.79 Å². The molecule has 0 spiro atoms. The summed E-state index contributed by atoms with van der Waals surface area (Å²) in [6.45, 7) is 14.5. The number of carbonyl (C=O) groups excluding carboxylic acids is 1. The molecule has 0 N–H and O–H groups in total. The van der Waals surface area contributed by atoms with Gasteiger partial charge in [-0.3, -0.25) is 0 Å². The predicted octanol–water partition coefficient (Wildman–Crippen LogP) is 4.21. The van der Waals surface area contributed by atoms with Gasteiger partial charge in [-0.2, -0.15) is 0 Å². The highest BCUT2D eigenvalue weighted by molar-refractivity contribution is 6.51. The molecule has 0 atom stereocenters. The fourth-order valence-electron chi connectivity index (χ4n) is 2.22. The molecule has 6 heteroatoms. The molecule has 0 aliphatic carbocycles. The molecule has 1 saturated heterocycles. The molecule has 1 rings (SSSR count). The van der Waals surface area contributed by atoms with E-state index in [4.69, 9.17) is 14.0 Å². The molecule has 0 unspecified atom stereocenters. The number of allylic oxidation sites excluding steroid dienone is 1. The lowest BCUT2D eigenvalue weighted by Crippen LogP contribution is -2.41. The minimum Gasteiger partial charge on any atom is -0.444 e. The Morgan fingerprint density at radius 2 is 1.67 bits per heavy atom. The van der Waals surface area contributed by atoms with Crippen molar-refractivity contribution in [3.05, 3.63) is 12.1 Å². The van der Waals surface area contributed by atoms with Crippen LogP contribution in [-0.4, -0.2) is 48.5 Å². The van der Waals surface area contributed by atoms with Crippen LogP contribution in [0.3, 0.4) is 0 Å². The molecular formula is C18H34BNO4. The second-order valence-corrected chi connectivity index (χ2v) is 8.45. The molecule has 1 aliphatic heterocycles. The Kier molecular flexibility index (Phi) is 6.94. The van der Waals surface area contributed by atoms with Crippen LogP contribution in [0.1, 0.15) is 67.7 Å². The highest BCUT2D eigenvalue weighted by atomic mass is 16.7. The van der Waals surface area contributed by atoms with Crippen LogP contribution in [0.4, 0.5) is 4.79 Å². The Balaban J connectivity index is 2.22. The first-order chi connectivity index (χ1) is 10.8. The molecule has 0 saturated carbocycles. The van der Waals surface area contributed by atoms with E-state index in [1.807, 2.05) is 54.4 Å². The summed E-state index contributed by atoms with van der Waals surface area (Å²) in [6.07, 6.45) is 4.70. The summed E-state index contributed by atoms with van der Waals surface area (Å²) in [5, 5.41) is 0. The van der Waals surface area contributed by atoms with Gasteiger partial charge < -0.3 is 18.9 Å². The van der Waals surface area contributed by atoms with Crippen molar-refractivity contribution in [1.82, 2.24) is 4.90 Å². The molecule has 138 valence electrons. The van der Waals surface area contributed by atoms with E-state index in [0.29, 0.717) is 6.54 Å². The molecule has 5 nitrogen and oxygen atoms in total. The SMILES string of the molecule is CN(CCCC/C=C/B1OC(C)(C)C(C)(C)O1)C(=O)OC(C)(C)C. The van der Waals surface area contributed by atoms with Gasteiger partial charge in [-0.25, -0.2) is 4.79 Å². The van der Waals surface area contributed by atoms with Crippen LogP contribution >= 0.6 is 0 Å². The molecule has 1 aliphatic rings. The van der Waals surface area contributed by atoms with Crippen LogP contribution in [0.15, 0.2) is 12.1 Å². The maximum absolute atomic E-state index is 11.8. The average Bonchev–Trinajstić information content (AvgIpc) is 2.59. The number of carbonyl (C=O) groups is 1. The first-order valence-corrected chi connectivity index (χ1v) is 8.80. The molecule has 0 radical (unpaired) electrons. The van der Waals surface area contributed by atoms with Crippen molar-refractivity contribution in [2.75, 3.05) is 13.6 Å². The average molecular weight is 339 g/mol. The minimum absolute atomic E-state index is 0.268. The number of amides is 1. The lowest BCUT2D eigenvalue weighted by atomic mass is 9.89. The van der Waals surface area contributed by atoms with Crippen molar-refractivity contribution in [2.24, 2.45) is 0 Å². The molecule has 24 heavy (non-hydrogen) atoms. The Morgan fingerprint density at radius 1 is 1.12 bits per heavy atom. The number of nitrogens with zero attached hydrogens (tertiary/aromatic N) is 1. The number of rotatable bonds is 6. The first kappa shape index (κ1) is 21.0. The zero-order chi connectivity index (χ0) is 18.6. The first-order valence-electron chi connectivity index (χ1n) is 8.80. The van der Waals surface area contributed by atoms with Crippen molar-refractivity contribution < 1.29 is 18.8 Å². The fraction of sp³-hybridized carbons (Fsp3) is 0.833. The molecule has 1 fully saturated rings. The topological polar surface area (TPSA) is 48.0 Å². The van der Waals surface area contributed by atoms with Crippen molar-refractivity contribution >= 4 is 13.2 Å². The highest BCUT2D eigenvalue weighted by Crippen LogP contribution is 2.36. The summed E-state index contributed by atoms with van der Waals surface area (Å²) in [7, 11) is 1.49. The summed E-state index contributed by atoms with van der Waals surface area (Å²) < 4.78 is 17.1. The summed E-state index contributed by atoms with van der Waals surface area (Å²) in [5.41, 5.74) is -1.03. The van der Waals surface area contributed by atoms with Gasteiger partial charge in [0.05, 0.1) is 11.2 Å². The number of hydrogen-bond acceptors (Lipinski definition) is 4. The normalized spacial score (nSPS) is 19.8. The molecule has 1 heterocycles. The largest absolute Gasteiger partial charge is 0.486 e. The van der Waals surface area contributed by atoms with E-state index in [1.165, 1.54) is 0 Å². The van der Waals surface area contributed by atoms with Crippen LogP contribution in [0.2, 0.25) is 0 Å². The maximum Gasteiger partial charge on any atom is 0.486 e. The third kappa shape index (κ3) is 6.48. The monoisotopic (exact) mass is 339 g/mol. The second-order valence-electron chi connectivity index (χ2n) is 8.45. The number of ether oxygens (including phenoxy) is 1. The molecule has 0 aromatic rings. The number of unbranched alkanes of at least 4 members (excludes halogenated alkanes) is 2. The second kappa shape index (κ2) is 7.92. The molecule has 0 aromatic carbocycles. The lowest BCUT2D eigenvalue weighted by molar-refractivity contribution is 0.00578. The minimum atomic E-state index is -0.448. The van der Waals surface area contributed by atoms with Crippen molar-refractivity contribution in [2.45, 2.75) is 84.5 Å². The van der Waals surface area contributed by atoms with E-state index in [0.717, 1.165) is 19.3 Å². The Morgan fingerprint density at radius 3 is 2.17 bits per heavy atom. The van der Waals surface area contributed by atoms with Gasteiger partial charge in [0.15, 0.2) is 0 Å². The quantitative estimate of drug-likeness (QED) is 0.537. The summed E-state index contributed by atoms with van der Waals surface area (Å²) in [6, 6.07) is 0. The lowest BCUT2D eigenvalue weighted by Gasteiger charge is -2.32. The Bertz CT molecular complexity index is 438. The molecular weight excluding hydrogens is 305 g/mol. The van der Waals surface area contributed by atoms with E-state index >= 15 is 0 Å². The van der Waals surface area contributed by atoms with Gasteiger partial charge in [0.1, 0.15) is 5.60 Å². The third-order valence-corrected chi connectivity index (χ3v) is 4.38. The van der Waals surface area contributed by atoms with Crippen molar-refractivity contribution in [1.29, 1.82) is 0 Å². The maximum atomic E-state index is 11.8. The van der Waals surface area contributed by atoms with Gasteiger partial charge in [0.25, 0.3) is 0 Å². The van der Waals surface area contributed by atoms with E-state index in [2.05, 4.69) is 6.08 Å². The van der Waals surface area contributed by atoms with Crippen LogP contribution in [0.25, 0.3) is 0 Å². The number of hydrogen-bond donors (Lipinski definition) is 0. The zero-order valence-electron chi connectivity index (χ0n) is 16.6. The van der Waals surface area contributed by atoms with Crippen LogP contribution < -0.4 is 0 Å². The van der Waals surface area contributed by atoms with Gasteiger partial charge >= 0.3 is 13.2 Å². The summed E-state index contributed by atoms with van der Waals surface area (Å²) >= 11 is 0. The van der Waals surface area contributed by atoms with Crippen LogP contribution in [-0.2, 0) is 14.0 Å². The van der Waals surface area contributed by atoms with Crippen molar-refractivity contribution in [3.8, 4) is 0 Å². The van der Waals surface area contributed by atoms with Gasteiger partial charge in [0.2, 0.25) is 0 Å². The van der Waals surface area contributed by atoms with Gasteiger partial charge in [-0.1, -0.05) is 12.1 Å². The third-order valence-electron chi connectivity index (χ3n) is 4.38. The highest BCUT2D eigenvalue weighted by Gasteiger charge is 2.49.